The molecule has 0 aromatic heterocycles. The van der Waals surface area contributed by atoms with Crippen LogP contribution in [0.3, 0.4) is 0 Å². The highest BCUT2D eigenvalue weighted by atomic mass is 19.2. The zero-order chi connectivity index (χ0) is 24.9. The first-order valence-corrected chi connectivity index (χ1v) is 12.0. The number of benzene rings is 3. The van der Waals surface area contributed by atoms with Crippen LogP contribution in [0.15, 0.2) is 54.6 Å². The normalized spacial score (nSPS) is 17.9. The summed E-state index contributed by atoms with van der Waals surface area (Å²) in [6, 6.07) is 14.9. The third-order valence-corrected chi connectivity index (χ3v) is 6.59. The number of rotatable bonds is 7. The molecule has 1 fully saturated rings. The van der Waals surface area contributed by atoms with Crippen LogP contribution in [0.25, 0.3) is 11.1 Å². The summed E-state index contributed by atoms with van der Waals surface area (Å²) in [5, 5.41) is 0. The van der Waals surface area contributed by atoms with Crippen molar-refractivity contribution in [1.82, 2.24) is 0 Å². The van der Waals surface area contributed by atoms with E-state index in [-0.39, 0.29) is 17.3 Å². The van der Waals surface area contributed by atoms with Gasteiger partial charge < -0.3 is 9.47 Å². The van der Waals surface area contributed by atoms with Gasteiger partial charge in [-0.05, 0) is 74.3 Å². The van der Waals surface area contributed by atoms with Crippen molar-refractivity contribution in [2.75, 3.05) is 6.61 Å². The van der Waals surface area contributed by atoms with Crippen LogP contribution in [0, 0.1) is 24.4 Å². The number of halogens is 3. The highest BCUT2D eigenvalue weighted by Crippen LogP contribution is 2.36. The lowest BCUT2D eigenvalue weighted by molar-refractivity contribution is 0.0188. The van der Waals surface area contributed by atoms with Gasteiger partial charge in [0.2, 0.25) is 0 Å². The van der Waals surface area contributed by atoms with Gasteiger partial charge in [0.15, 0.2) is 11.6 Å². The fourth-order valence-corrected chi connectivity index (χ4v) is 4.58. The molecule has 6 heteroatoms. The Morgan fingerprint density at radius 3 is 2.29 bits per heavy atom. The van der Waals surface area contributed by atoms with Crippen LogP contribution in [0.2, 0.25) is 0 Å². The Morgan fingerprint density at radius 2 is 1.63 bits per heavy atom. The Morgan fingerprint density at radius 1 is 0.914 bits per heavy atom. The van der Waals surface area contributed by atoms with Crippen LogP contribution in [-0.4, -0.2) is 18.7 Å². The third kappa shape index (κ3) is 5.76. The summed E-state index contributed by atoms with van der Waals surface area (Å²) in [4.78, 5) is 12.6. The number of ether oxygens (including phenoxy) is 2. The average Bonchev–Trinajstić information content (AvgIpc) is 2.85. The molecule has 0 bridgehead atoms. The molecule has 0 unspecified atom stereocenters. The van der Waals surface area contributed by atoms with Crippen molar-refractivity contribution in [3.05, 3.63) is 94.3 Å². The minimum Gasteiger partial charge on any atom is -0.459 e. The second-order valence-corrected chi connectivity index (χ2v) is 9.03. The van der Waals surface area contributed by atoms with Crippen molar-refractivity contribution in [2.24, 2.45) is 0 Å². The molecular formula is C29H29F3O3. The topological polar surface area (TPSA) is 35.5 Å². The molecule has 3 nitrogen and oxygen atoms in total. The first-order valence-electron chi connectivity index (χ1n) is 12.0. The van der Waals surface area contributed by atoms with Gasteiger partial charge in [0.25, 0.3) is 0 Å². The molecule has 3 aromatic carbocycles. The van der Waals surface area contributed by atoms with Gasteiger partial charge in [-0.25, -0.2) is 18.0 Å². The summed E-state index contributed by atoms with van der Waals surface area (Å²) in [6.07, 6.45) is 1.92. The number of hydrogen-bond donors (Lipinski definition) is 0. The molecule has 0 heterocycles. The van der Waals surface area contributed by atoms with E-state index < -0.39 is 29.3 Å². The lowest BCUT2D eigenvalue weighted by Crippen LogP contribution is -2.25. The molecular weight excluding hydrogens is 453 g/mol. The highest BCUT2D eigenvalue weighted by molar-refractivity contribution is 5.90. The SMILES string of the molecule is CCOCc1ccc(C2CCC(OC(=O)c3ccc(-c4ccc(C)cc4)c(F)c3F)CC2)c(F)c1. The number of hydrogen-bond acceptors (Lipinski definition) is 3. The molecule has 0 aliphatic heterocycles. The zero-order valence-electron chi connectivity index (χ0n) is 20.0. The van der Waals surface area contributed by atoms with Crippen LogP contribution in [0.5, 0.6) is 0 Å². The molecule has 0 spiro atoms. The fraction of sp³-hybridized carbons (Fsp3) is 0.345. The maximum absolute atomic E-state index is 14.7. The molecule has 0 radical (unpaired) electrons. The average molecular weight is 483 g/mol. The summed E-state index contributed by atoms with van der Waals surface area (Å²) in [5.74, 6) is -3.40. The van der Waals surface area contributed by atoms with Gasteiger partial charge in [-0.3, -0.25) is 0 Å². The van der Waals surface area contributed by atoms with Crippen LogP contribution < -0.4 is 0 Å². The monoisotopic (exact) mass is 482 g/mol. The van der Waals surface area contributed by atoms with Gasteiger partial charge in [-0.2, -0.15) is 0 Å². The third-order valence-electron chi connectivity index (χ3n) is 6.59. The van der Waals surface area contributed by atoms with Crippen molar-refractivity contribution >= 4 is 5.97 Å². The Bertz CT molecular complexity index is 1180. The largest absolute Gasteiger partial charge is 0.459 e. The molecule has 35 heavy (non-hydrogen) atoms. The van der Waals surface area contributed by atoms with E-state index >= 15 is 0 Å². The van der Waals surface area contributed by atoms with Gasteiger partial charge in [-0.1, -0.05) is 48.0 Å². The standard InChI is InChI=1S/C29H29F3O3/c1-3-34-17-19-6-13-23(26(30)16-19)20-9-11-22(12-10-20)35-29(33)25-15-14-24(27(31)28(25)32)21-7-4-18(2)5-8-21/h4-8,13-16,20,22H,3,9-12,17H2,1-2H3. The molecule has 0 atom stereocenters. The van der Waals surface area contributed by atoms with Crippen LogP contribution in [-0.2, 0) is 16.1 Å². The predicted octanol–water partition coefficient (Wildman–Crippen LogP) is 7.50. The predicted molar refractivity (Wildman–Crippen MR) is 129 cm³/mol. The van der Waals surface area contributed by atoms with Crippen molar-refractivity contribution < 1.29 is 27.4 Å². The van der Waals surface area contributed by atoms with Gasteiger partial charge in [0.05, 0.1) is 12.2 Å². The second-order valence-electron chi connectivity index (χ2n) is 9.03. The van der Waals surface area contributed by atoms with Gasteiger partial charge >= 0.3 is 5.97 Å². The minimum absolute atomic E-state index is 0.0223. The molecule has 184 valence electrons. The number of carbonyl (C=O) groups excluding carboxylic acids is 1. The fourth-order valence-electron chi connectivity index (χ4n) is 4.58. The van der Waals surface area contributed by atoms with Gasteiger partial charge in [0.1, 0.15) is 11.9 Å². The maximum Gasteiger partial charge on any atom is 0.341 e. The summed E-state index contributed by atoms with van der Waals surface area (Å²) in [7, 11) is 0. The molecule has 0 saturated heterocycles. The number of esters is 1. The van der Waals surface area contributed by atoms with E-state index in [0.717, 1.165) is 11.1 Å². The van der Waals surface area contributed by atoms with Crippen molar-refractivity contribution in [3.8, 4) is 11.1 Å². The number of aryl methyl sites for hydroxylation is 1. The summed E-state index contributed by atoms with van der Waals surface area (Å²) in [6.45, 7) is 4.74. The highest BCUT2D eigenvalue weighted by Gasteiger charge is 2.28. The van der Waals surface area contributed by atoms with E-state index in [0.29, 0.717) is 50.0 Å². The summed E-state index contributed by atoms with van der Waals surface area (Å²) in [5.41, 5.74) is 2.65. The van der Waals surface area contributed by atoms with Gasteiger partial charge in [0, 0.05) is 12.2 Å². The van der Waals surface area contributed by atoms with Crippen LogP contribution >= 0.6 is 0 Å². The quantitative estimate of drug-likeness (QED) is 0.327. The lowest BCUT2D eigenvalue weighted by Gasteiger charge is -2.29. The van der Waals surface area contributed by atoms with E-state index in [1.54, 1.807) is 18.2 Å². The van der Waals surface area contributed by atoms with E-state index in [2.05, 4.69) is 0 Å². The Hall–Kier alpha value is -3.12. The second kappa shape index (κ2) is 11.1. The van der Waals surface area contributed by atoms with E-state index in [1.165, 1.54) is 18.2 Å². The molecule has 1 aliphatic carbocycles. The molecule has 1 saturated carbocycles. The Labute approximate surface area is 203 Å². The smallest absolute Gasteiger partial charge is 0.341 e. The molecule has 1 aliphatic rings. The molecule has 0 amide bonds. The molecule has 3 aromatic rings. The Kier molecular flexibility index (Phi) is 7.91. The van der Waals surface area contributed by atoms with Crippen molar-refractivity contribution in [3.63, 3.8) is 0 Å². The summed E-state index contributed by atoms with van der Waals surface area (Å²) < 4.78 is 54.9. The summed E-state index contributed by atoms with van der Waals surface area (Å²) >= 11 is 0. The van der Waals surface area contributed by atoms with Crippen LogP contribution in [0.1, 0.15) is 65.6 Å². The first kappa shape index (κ1) is 25.0. The first-order chi connectivity index (χ1) is 16.9. The van der Waals surface area contributed by atoms with Crippen LogP contribution in [0.4, 0.5) is 13.2 Å². The van der Waals surface area contributed by atoms with Crippen molar-refractivity contribution in [1.29, 1.82) is 0 Å². The van der Waals surface area contributed by atoms with E-state index in [9.17, 15) is 18.0 Å². The van der Waals surface area contributed by atoms with Gasteiger partial charge in [-0.15, -0.1) is 0 Å². The molecule has 0 N–H and O–H groups in total. The number of carbonyl (C=O) groups is 1. The maximum atomic E-state index is 14.7. The van der Waals surface area contributed by atoms with Crippen molar-refractivity contribution in [2.45, 2.75) is 58.2 Å². The Balaban J connectivity index is 1.38. The zero-order valence-corrected chi connectivity index (χ0v) is 20.0. The van der Waals surface area contributed by atoms with E-state index in [4.69, 9.17) is 9.47 Å². The minimum atomic E-state index is -1.21. The molecule has 4 rings (SSSR count). The van der Waals surface area contributed by atoms with E-state index in [1.807, 2.05) is 32.0 Å². The lowest BCUT2D eigenvalue weighted by atomic mass is 9.82.